The number of fused-ring (bicyclic) bond motifs is 1. The van der Waals surface area contributed by atoms with Crippen molar-refractivity contribution in [3.63, 3.8) is 0 Å². The molecule has 3 N–H and O–H groups in total. The highest BCUT2D eigenvalue weighted by Gasteiger charge is 2.20. The van der Waals surface area contributed by atoms with E-state index in [1.54, 1.807) is 14.0 Å². The summed E-state index contributed by atoms with van der Waals surface area (Å²) in [5.74, 6) is 1.11. The van der Waals surface area contributed by atoms with E-state index in [4.69, 9.17) is 4.74 Å². The van der Waals surface area contributed by atoms with Crippen LogP contribution in [0.3, 0.4) is 0 Å². The first-order valence-electron chi connectivity index (χ1n) is 10.1. The van der Waals surface area contributed by atoms with Crippen molar-refractivity contribution >= 4 is 16.8 Å². The molecule has 0 aliphatic rings. The second-order valence-corrected chi connectivity index (χ2v) is 7.46. The topological polar surface area (TPSA) is 99.9 Å². The number of aryl methyl sites for hydroxylation is 1. The molecule has 0 radical (unpaired) electrons. The number of amides is 1. The minimum absolute atomic E-state index is 0.144. The molecule has 0 aliphatic heterocycles. The second-order valence-electron chi connectivity index (χ2n) is 7.46. The molecule has 1 atom stereocenters. The van der Waals surface area contributed by atoms with E-state index in [9.17, 15) is 9.59 Å². The number of nitrogens with zero attached hydrogens (tertiary/aromatic N) is 1. The number of aromatic amines is 2. The van der Waals surface area contributed by atoms with Crippen molar-refractivity contribution in [2.45, 2.75) is 25.8 Å². The number of ether oxygens (including phenoxy) is 1. The van der Waals surface area contributed by atoms with Crippen molar-refractivity contribution in [2.75, 3.05) is 7.11 Å². The highest BCUT2D eigenvalue weighted by atomic mass is 16.5. The smallest absolute Gasteiger partial charge is 0.251 e. The molecular weight excluding hydrogens is 392 g/mol. The fourth-order valence-corrected chi connectivity index (χ4v) is 3.71. The quantitative estimate of drug-likeness (QED) is 0.431. The van der Waals surface area contributed by atoms with Gasteiger partial charge in [0, 0.05) is 29.6 Å². The summed E-state index contributed by atoms with van der Waals surface area (Å²) in [5, 5.41) is 4.15. The van der Waals surface area contributed by atoms with Gasteiger partial charge in [0.25, 0.3) is 5.56 Å². The number of benzene rings is 2. The van der Waals surface area contributed by atoms with E-state index >= 15 is 0 Å². The van der Waals surface area contributed by atoms with Gasteiger partial charge in [-0.2, -0.15) is 0 Å². The van der Waals surface area contributed by atoms with E-state index < -0.39 is 6.04 Å². The normalized spacial score (nSPS) is 11.9. The number of H-pyrrole nitrogens is 2. The summed E-state index contributed by atoms with van der Waals surface area (Å²) < 4.78 is 5.17. The maximum absolute atomic E-state index is 12.8. The van der Waals surface area contributed by atoms with Crippen LogP contribution in [-0.2, 0) is 17.6 Å². The molecule has 4 aromatic rings. The third-order valence-electron chi connectivity index (χ3n) is 5.19. The molecular formula is C24H24N4O3. The summed E-state index contributed by atoms with van der Waals surface area (Å²) in [5.41, 5.74) is 3.24. The Labute approximate surface area is 179 Å². The Balaban J connectivity index is 1.60. The maximum atomic E-state index is 12.8. The highest BCUT2D eigenvalue weighted by molar-refractivity contribution is 5.83. The lowest BCUT2D eigenvalue weighted by atomic mass is 10.0. The van der Waals surface area contributed by atoms with Gasteiger partial charge in [0.1, 0.15) is 11.6 Å². The van der Waals surface area contributed by atoms with Crippen molar-refractivity contribution in [3.05, 3.63) is 93.8 Å². The zero-order chi connectivity index (χ0) is 21.8. The van der Waals surface area contributed by atoms with Gasteiger partial charge in [-0.25, -0.2) is 4.98 Å². The van der Waals surface area contributed by atoms with Crippen LogP contribution in [0.1, 0.15) is 28.7 Å². The second kappa shape index (κ2) is 8.87. The summed E-state index contributed by atoms with van der Waals surface area (Å²) in [6.45, 7) is 1.73. The number of para-hydroxylation sites is 1. The van der Waals surface area contributed by atoms with Crippen LogP contribution in [0.2, 0.25) is 0 Å². The monoisotopic (exact) mass is 416 g/mol. The molecule has 1 unspecified atom stereocenters. The highest BCUT2D eigenvalue weighted by Crippen LogP contribution is 2.24. The molecule has 7 heteroatoms. The summed E-state index contributed by atoms with van der Waals surface area (Å²) in [6.07, 6.45) is 2.66. The fourth-order valence-electron chi connectivity index (χ4n) is 3.71. The molecule has 2 heterocycles. The third kappa shape index (κ3) is 4.83. The minimum Gasteiger partial charge on any atom is -0.497 e. The first-order chi connectivity index (χ1) is 15.0. The number of aromatic nitrogens is 3. The van der Waals surface area contributed by atoms with Gasteiger partial charge >= 0.3 is 0 Å². The lowest BCUT2D eigenvalue weighted by molar-refractivity contribution is -0.121. The molecule has 0 aliphatic carbocycles. The van der Waals surface area contributed by atoms with Crippen molar-refractivity contribution in [1.29, 1.82) is 0 Å². The van der Waals surface area contributed by atoms with E-state index in [0.717, 1.165) is 27.8 Å². The molecule has 0 fully saturated rings. The Morgan fingerprint density at radius 1 is 1.16 bits per heavy atom. The Hall–Kier alpha value is -3.87. The van der Waals surface area contributed by atoms with Crippen LogP contribution in [-0.4, -0.2) is 28.0 Å². The van der Waals surface area contributed by atoms with Crippen LogP contribution < -0.4 is 15.6 Å². The van der Waals surface area contributed by atoms with Gasteiger partial charge in [-0.1, -0.05) is 30.3 Å². The van der Waals surface area contributed by atoms with E-state index in [0.29, 0.717) is 17.9 Å². The van der Waals surface area contributed by atoms with Gasteiger partial charge in [0.05, 0.1) is 25.3 Å². The number of carbonyl (C=O) groups is 1. The zero-order valence-electron chi connectivity index (χ0n) is 17.4. The lowest BCUT2D eigenvalue weighted by Gasteiger charge is -2.19. The third-order valence-corrected chi connectivity index (χ3v) is 5.19. The summed E-state index contributed by atoms with van der Waals surface area (Å²) in [4.78, 5) is 35.3. The SMILES string of the molecule is COc1ccc(CC(=O)NC(Cc2c[nH]c3ccccc23)c2cc(=O)[nH]c(C)n2)cc1. The van der Waals surface area contributed by atoms with Gasteiger partial charge < -0.3 is 20.0 Å². The first kappa shape index (κ1) is 20.4. The Morgan fingerprint density at radius 2 is 1.94 bits per heavy atom. The molecule has 1 amide bonds. The number of carbonyl (C=O) groups excluding carboxylic acids is 1. The van der Waals surface area contributed by atoms with Crippen LogP contribution >= 0.6 is 0 Å². The number of hydrogen-bond acceptors (Lipinski definition) is 4. The van der Waals surface area contributed by atoms with E-state index in [2.05, 4.69) is 20.3 Å². The zero-order valence-corrected chi connectivity index (χ0v) is 17.4. The molecule has 31 heavy (non-hydrogen) atoms. The first-order valence-corrected chi connectivity index (χ1v) is 10.1. The summed E-state index contributed by atoms with van der Waals surface area (Å²) in [6, 6.07) is 16.4. The van der Waals surface area contributed by atoms with Crippen molar-refractivity contribution < 1.29 is 9.53 Å². The molecule has 0 bridgehead atoms. The number of rotatable bonds is 7. The molecule has 2 aromatic heterocycles. The predicted octanol–water partition coefficient (Wildman–Crippen LogP) is 3.21. The average molecular weight is 416 g/mol. The van der Waals surface area contributed by atoms with Crippen molar-refractivity contribution in [1.82, 2.24) is 20.3 Å². The van der Waals surface area contributed by atoms with Gasteiger partial charge in [-0.15, -0.1) is 0 Å². The Bertz CT molecular complexity index is 1260. The Kier molecular flexibility index (Phi) is 5.84. The number of methoxy groups -OCH3 is 1. The maximum Gasteiger partial charge on any atom is 0.251 e. The minimum atomic E-state index is -0.439. The van der Waals surface area contributed by atoms with Gasteiger partial charge in [0.15, 0.2) is 0 Å². The van der Waals surface area contributed by atoms with Crippen LogP contribution in [0, 0.1) is 6.92 Å². The Morgan fingerprint density at radius 3 is 2.68 bits per heavy atom. The van der Waals surface area contributed by atoms with E-state index in [1.807, 2.05) is 54.7 Å². The van der Waals surface area contributed by atoms with Crippen molar-refractivity contribution in [3.8, 4) is 5.75 Å². The summed E-state index contributed by atoms with van der Waals surface area (Å²) >= 11 is 0. The van der Waals surface area contributed by atoms with Gasteiger partial charge in [0.2, 0.25) is 5.91 Å². The largest absolute Gasteiger partial charge is 0.497 e. The van der Waals surface area contributed by atoms with Crippen LogP contribution in [0.15, 0.2) is 65.6 Å². The molecule has 7 nitrogen and oxygen atoms in total. The molecule has 0 saturated heterocycles. The number of nitrogens with one attached hydrogen (secondary N) is 3. The average Bonchev–Trinajstić information content (AvgIpc) is 3.16. The summed E-state index contributed by atoms with van der Waals surface area (Å²) in [7, 11) is 1.60. The molecule has 0 spiro atoms. The molecule has 0 saturated carbocycles. The van der Waals surface area contributed by atoms with Gasteiger partial charge in [-0.3, -0.25) is 9.59 Å². The predicted molar refractivity (Wildman–Crippen MR) is 119 cm³/mol. The number of hydrogen-bond donors (Lipinski definition) is 3. The lowest BCUT2D eigenvalue weighted by Crippen LogP contribution is -2.32. The standard InChI is InChI=1S/C24H24N4O3/c1-15-26-22(13-24(30)27-15)21(12-17-14-25-20-6-4-3-5-19(17)20)28-23(29)11-16-7-9-18(31-2)10-8-16/h3-10,13-14,21,25H,11-12H2,1-2H3,(H,28,29)(H,26,27,30). The molecule has 158 valence electrons. The van der Waals surface area contributed by atoms with Gasteiger partial charge in [-0.05, 0) is 36.2 Å². The molecule has 4 rings (SSSR count). The molecule has 2 aromatic carbocycles. The van der Waals surface area contributed by atoms with Crippen LogP contribution in [0.5, 0.6) is 5.75 Å². The fraction of sp³-hybridized carbons (Fsp3) is 0.208. The van der Waals surface area contributed by atoms with Crippen LogP contribution in [0.25, 0.3) is 10.9 Å². The van der Waals surface area contributed by atoms with Crippen molar-refractivity contribution in [2.24, 2.45) is 0 Å². The van der Waals surface area contributed by atoms with E-state index in [1.165, 1.54) is 6.07 Å². The van der Waals surface area contributed by atoms with Crippen LogP contribution in [0.4, 0.5) is 0 Å². The van der Waals surface area contributed by atoms with E-state index in [-0.39, 0.29) is 17.9 Å².